The van der Waals surface area contributed by atoms with Crippen molar-refractivity contribution in [2.45, 2.75) is 0 Å². The van der Waals surface area contributed by atoms with E-state index in [1.807, 2.05) is 36.4 Å². The maximum Gasteiger partial charge on any atom is 0.143 e. The summed E-state index contributed by atoms with van der Waals surface area (Å²) in [7, 11) is 0. The minimum atomic E-state index is 0.850. The lowest BCUT2D eigenvalue weighted by atomic mass is 9.84. The first-order valence-electron chi connectivity index (χ1n) is 22.4. The molecule has 4 heterocycles. The van der Waals surface area contributed by atoms with Crippen LogP contribution in [0.5, 0.6) is 0 Å². The maximum absolute atomic E-state index is 6.99. The molecule has 4 heteroatoms. The third-order valence-corrected chi connectivity index (χ3v) is 13.9. The van der Waals surface area contributed by atoms with Gasteiger partial charge in [-0.05, 0) is 104 Å². The minimum Gasteiger partial charge on any atom is -0.456 e. The van der Waals surface area contributed by atoms with E-state index >= 15 is 0 Å². The number of rotatable bonds is 4. The lowest BCUT2D eigenvalue weighted by Crippen LogP contribution is -1.92. The summed E-state index contributed by atoms with van der Waals surface area (Å²) in [4.78, 5) is 0. The second-order valence-corrected chi connectivity index (χ2v) is 17.4. The van der Waals surface area contributed by atoms with E-state index in [9.17, 15) is 0 Å². The highest BCUT2D eigenvalue weighted by atomic mass is 16.3. The number of hydrogen-bond donors (Lipinski definition) is 0. The molecule has 15 rings (SSSR count). The maximum atomic E-state index is 6.99. The minimum absolute atomic E-state index is 0.850. The fourth-order valence-electron chi connectivity index (χ4n) is 11.0. The van der Waals surface area contributed by atoms with Gasteiger partial charge in [0, 0.05) is 65.3 Å². The Hall–Kier alpha value is -8.86. The van der Waals surface area contributed by atoms with E-state index < -0.39 is 0 Å². The molecule has 66 heavy (non-hydrogen) atoms. The van der Waals surface area contributed by atoms with Gasteiger partial charge >= 0.3 is 0 Å². The predicted octanol–water partition coefficient (Wildman–Crippen LogP) is 18.3. The van der Waals surface area contributed by atoms with Gasteiger partial charge in [0.05, 0.1) is 0 Å². The van der Waals surface area contributed by atoms with Crippen molar-refractivity contribution < 1.29 is 17.7 Å². The zero-order valence-electron chi connectivity index (χ0n) is 35.3. The molecule has 0 radical (unpaired) electrons. The number of fused-ring (bicyclic) bond motifs is 14. The lowest BCUT2D eigenvalue weighted by Gasteiger charge is -2.19. The molecule has 0 saturated heterocycles. The third kappa shape index (κ3) is 4.93. The van der Waals surface area contributed by atoms with Crippen molar-refractivity contribution >= 4 is 109 Å². The SMILES string of the molecule is c1ccc2c(c1)oc1cc(-c3ccc(-c4c5ccccc5c(-c5ccc(-c6ccc7c(c6)oc6ccccc67)c6c5oc5ccccc56)c5ccccc45)c4oc5ccccc5c34)ccc12. The number of furan rings is 4. The summed E-state index contributed by atoms with van der Waals surface area (Å²) in [6.07, 6.45) is 0. The molecule has 0 N–H and O–H groups in total. The summed E-state index contributed by atoms with van der Waals surface area (Å²) in [5.74, 6) is 0. The van der Waals surface area contributed by atoms with Crippen LogP contribution in [0, 0.1) is 0 Å². The molecule has 0 atom stereocenters. The summed E-state index contributed by atoms with van der Waals surface area (Å²) in [5.41, 5.74) is 15.6. The number of para-hydroxylation sites is 4. The molecule has 0 aliphatic heterocycles. The standard InChI is InChI=1S/C62H34O4/c1-2-16-44-43(15-1)57(49-31-29-37(59-47-19-7-11-23-53(47)65-61(49)59)35-25-27-41-39-13-5-9-21-51(39)63-55(41)33-35)45-17-3-4-18-46(45)58(44)50-32-30-38(60-48-20-8-12-24-54(48)66-62(50)60)36-26-28-42-40-14-6-10-22-52(40)64-56(42)34-36/h1-34H. The topological polar surface area (TPSA) is 52.6 Å². The molecule has 0 aliphatic rings. The molecule has 15 aromatic rings. The molecule has 0 aliphatic carbocycles. The van der Waals surface area contributed by atoms with E-state index in [0.717, 1.165) is 154 Å². The largest absolute Gasteiger partial charge is 0.456 e. The van der Waals surface area contributed by atoms with Crippen molar-refractivity contribution in [3.63, 3.8) is 0 Å². The van der Waals surface area contributed by atoms with Crippen molar-refractivity contribution in [3.05, 3.63) is 206 Å². The first-order valence-corrected chi connectivity index (χ1v) is 22.4. The van der Waals surface area contributed by atoms with Crippen LogP contribution in [0.2, 0.25) is 0 Å². The summed E-state index contributed by atoms with van der Waals surface area (Å²) < 4.78 is 26.8. The summed E-state index contributed by atoms with van der Waals surface area (Å²) >= 11 is 0. The van der Waals surface area contributed by atoms with Crippen LogP contribution in [0.15, 0.2) is 224 Å². The lowest BCUT2D eigenvalue weighted by molar-refractivity contribution is 0.668. The van der Waals surface area contributed by atoms with Crippen molar-refractivity contribution in [2.75, 3.05) is 0 Å². The molecular formula is C62H34O4. The third-order valence-electron chi connectivity index (χ3n) is 13.9. The molecule has 0 saturated carbocycles. The van der Waals surface area contributed by atoms with Gasteiger partial charge in [0.15, 0.2) is 0 Å². The quantitative estimate of drug-likeness (QED) is 0.166. The fraction of sp³-hybridized carbons (Fsp3) is 0. The molecule has 11 aromatic carbocycles. The van der Waals surface area contributed by atoms with Gasteiger partial charge in [0.2, 0.25) is 0 Å². The first-order chi connectivity index (χ1) is 32.7. The molecule has 0 bridgehead atoms. The van der Waals surface area contributed by atoms with Crippen LogP contribution in [-0.2, 0) is 0 Å². The van der Waals surface area contributed by atoms with E-state index in [1.165, 1.54) is 0 Å². The molecule has 0 spiro atoms. The normalized spacial score (nSPS) is 12.2. The van der Waals surface area contributed by atoms with E-state index in [2.05, 4.69) is 170 Å². The van der Waals surface area contributed by atoms with Crippen LogP contribution in [0.3, 0.4) is 0 Å². The molecule has 306 valence electrons. The van der Waals surface area contributed by atoms with E-state index in [4.69, 9.17) is 17.7 Å². The zero-order chi connectivity index (χ0) is 43.0. The highest BCUT2D eigenvalue weighted by Gasteiger charge is 2.25. The number of benzene rings is 11. The van der Waals surface area contributed by atoms with Crippen molar-refractivity contribution in [1.29, 1.82) is 0 Å². The van der Waals surface area contributed by atoms with Crippen LogP contribution in [0.4, 0.5) is 0 Å². The highest BCUT2D eigenvalue weighted by Crippen LogP contribution is 2.51. The van der Waals surface area contributed by atoms with Crippen molar-refractivity contribution in [2.24, 2.45) is 0 Å². The van der Waals surface area contributed by atoms with Crippen LogP contribution < -0.4 is 0 Å². The van der Waals surface area contributed by atoms with Crippen LogP contribution in [0.1, 0.15) is 0 Å². The average Bonchev–Trinajstić information content (AvgIpc) is 4.15. The van der Waals surface area contributed by atoms with Gasteiger partial charge in [-0.2, -0.15) is 0 Å². The van der Waals surface area contributed by atoms with Gasteiger partial charge in [0.25, 0.3) is 0 Å². The molecule has 0 unspecified atom stereocenters. The first kappa shape index (κ1) is 35.6. The zero-order valence-corrected chi connectivity index (χ0v) is 35.3. The molecule has 4 nitrogen and oxygen atoms in total. The van der Waals surface area contributed by atoms with Gasteiger partial charge in [-0.3, -0.25) is 0 Å². The van der Waals surface area contributed by atoms with Crippen LogP contribution in [0.25, 0.3) is 154 Å². The average molecular weight is 843 g/mol. The Bertz CT molecular complexity index is 4190. The second kappa shape index (κ2) is 13.3. The second-order valence-electron chi connectivity index (χ2n) is 17.4. The predicted molar refractivity (Wildman–Crippen MR) is 272 cm³/mol. The molecule has 0 amide bonds. The summed E-state index contributed by atoms with van der Waals surface area (Å²) in [5, 5.41) is 13.3. The summed E-state index contributed by atoms with van der Waals surface area (Å²) in [6.45, 7) is 0. The van der Waals surface area contributed by atoms with E-state index in [-0.39, 0.29) is 0 Å². The number of hydrogen-bond acceptors (Lipinski definition) is 4. The Morgan fingerprint density at radius 2 is 0.515 bits per heavy atom. The molecule has 4 aromatic heterocycles. The van der Waals surface area contributed by atoms with Gasteiger partial charge in [-0.1, -0.05) is 146 Å². The fourth-order valence-corrected chi connectivity index (χ4v) is 11.0. The smallest absolute Gasteiger partial charge is 0.143 e. The van der Waals surface area contributed by atoms with Gasteiger partial charge in [-0.15, -0.1) is 0 Å². The molecular weight excluding hydrogens is 809 g/mol. The van der Waals surface area contributed by atoms with Gasteiger partial charge < -0.3 is 17.7 Å². The molecule has 0 fully saturated rings. The Balaban J connectivity index is 0.984. The highest BCUT2D eigenvalue weighted by molar-refractivity contribution is 6.28. The van der Waals surface area contributed by atoms with Crippen molar-refractivity contribution in [3.8, 4) is 44.5 Å². The Morgan fingerprint density at radius 3 is 0.909 bits per heavy atom. The van der Waals surface area contributed by atoms with Gasteiger partial charge in [-0.25, -0.2) is 0 Å². The van der Waals surface area contributed by atoms with Gasteiger partial charge in [0.1, 0.15) is 44.7 Å². The Kier molecular flexibility index (Phi) is 7.19. The Morgan fingerprint density at radius 1 is 0.212 bits per heavy atom. The summed E-state index contributed by atoms with van der Waals surface area (Å²) in [6, 6.07) is 73.0. The monoisotopic (exact) mass is 842 g/mol. The van der Waals surface area contributed by atoms with E-state index in [0.29, 0.717) is 0 Å². The van der Waals surface area contributed by atoms with Crippen LogP contribution in [-0.4, -0.2) is 0 Å². The van der Waals surface area contributed by atoms with E-state index in [1.54, 1.807) is 0 Å². The van der Waals surface area contributed by atoms with Crippen molar-refractivity contribution in [1.82, 2.24) is 0 Å². The Labute approximate surface area is 376 Å². The van der Waals surface area contributed by atoms with Crippen LogP contribution >= 0.6 is 0 Å².